The van der Waals surface area contributed by atoms with Crippen LogP contribution in [0.4, 0.5) is 0 Å². The van der Waals surface area contributed by atoms with Gasteiger partial charge in [0.1, 0.15) is 0 Å². The quantitative estimate of drug-likeness (QED) is 0.757. The standard InChI is InChI=1S/C13H16N2/c1-13(2,8-14)10-4-5-11-9(7-10)3-6-12(11)15/h4-5,7,12H,3,6,15H2,1-2H3/t12-/m0/s1. The van der Waals surface area contributed by atoms with Gasteiger partial charge in [-0.1, -0.05) is 18.2 Å². The first-order chi connectivity index (χ1) is 7.04. The van der Waals surface area contributed by atoms with E-state index in [9.17, 15) is 0 Å². The molecule has 1 aromatic carbocycles. The van der Waals surface area contributed by atoms with Crippen LogP contribution < -0.4 is 5.73 Å². The third-order valence-corrected chi connectivity index (χ3v) is 3.27. The zero-order valence-electron chi connectivity index (χ0n) is 9.25. The summed E-state index contributed by atoms with van der Waals surface area (Å²) in [6, 6.07) is 8.79. The Morgan fingerprint density at radius 1 is 1.47 bits per heavy atom. The van der Waals surface area contributed by atoms with Crippen LogP contribution in [0.2, 0.25) is 0 Å². The van der Waals surface area contributed by atoms with Crippen LogP contribution in [0.1, 0.15) is 43.0 Å². The van der Waals surface area contributed by atoms with Crippen molar-refractivity contribution < 1.29 is 0 Å². The van der Waals surface area contributed by atoms with E-state index in [-0.39, 0.29) is 6.04 Å². The Labute approximate surface area is 90.7 Å². The highest BCUT2D eigenvalue weighted by molar-refractivity contribution is 5.42. The smallest absolute Gasteiger partial charge is 0.0766 e. The van der Waals surface area contributed by atoms with Gasteiger partial charge in [0.25, 0.3) is 0 Å². The van der Waals surface area contributed by atoms with Crippen LogP contribution in [-0.2, 0) is 11.8 Å². The maximum absolute atomic E-state index is 9.07. The first kappa shape index (κ1) is 10.2. The van der Waals surface area contributed by atoms with Crippen molar-refractivity contribution in [1.29, 1.82) is 5.26 Å². The molecule has 0 amide bonds. The summed E-state index contributed by atoms with van der Waals surface area (Å²) in [5.41, 5.74) is 9.25. The van der Waals surface area contributed by atoms with Gasteiger partial charge in [0.05, 0.1) is 11.5 Å². The molecule has 0 bridgehead atoms. The molecule has 2 nitrogen and oxygen atoms in total. The van der Waals surface area contributed by atoms with Gasteiger partial charge in [-0.25, -0.2) is 0 Å². The highest BCUT2D eigenvalue weighted by Crippen LogP contribution is 2.33. The molecule has 1 aromatic rings. The lowest BCUT2D eigenvalue weighted by atomic mass is 9.85. The van der Waals surface area contributed by atoms with Crippen LogP contribution in [0.15, 0.2) is 18.2 Å². The molecule has 1 aliphatic carbocycles. The molecule has 1 atom stereocenters. The average Bonchev–Trinajstić information content (AvgIpc) is 2.60. The second kappa shape index (κ2) is 3.36. The van der Waals surface area contributed by atoms with E-state index in [0.29, 0.717) is 0 Å². The van der Waals surface area contributed by atoms with Crippen LogP contribution in [0.3, 0.4) is 0 Å². The van der Waals surface area contributed by atoms with E-state index in [2.05, 4.69) is 18.2 Å². The number of benzene rings is 1. The Morgan fingerprint density at radius 2 is 2.20 bits per heavy atom. The molecule has 2 heteroatoms. The van der Waals surface area contributed by atoms with Crippen LogP contribution >= 0.6 is 0 Å². The summed E-state index contributed by atoms with van der Waals surface area (Å²) in [5.74, 6) is 0. The predicted octanol–water partition coefficient (Wildman–Crippen LogP) is 2.43. The summed E-state index contributed by atoms with van der Waals surface area (Å²) in [7, 11) is 0. The molecule has 15 heavy (non-hydrogen) atoms. The largest absolute Gasteiger partial charge is 0.324 e. The molecule has 0 spiro atoms. The molecule has 0 heterocycles. The average molecular weight is 200 g/mol. The van der Waals surface area contributed by atoms with E-state index in [1.807, 2.05) is 19.9 Å². The zero-order valence-corrected chi connectivity index (χ0v) is 9.25. The van der Waals surface area contributed by atoms with Crippen LogP contribution in [-0.4, -0.2) is 0 Å². The lowest BCUT2D eigenvalue weighted by Gasteiger charge is -2.17. The number of hydrogen-bond acceptors (Lipinski definition) is 2. The van der Waals surface area contributed by atoms with E-state index in [1.54, 1.807) is 0 Å². The van der Waals surface area contributed by atoms with Gasteiger partial charge in [-0.15, -0.1) is 0 Å². The van der Waals surface area contributed by atoms with Crippen molar-refractivity contribution in [2.45, 2.75) is 38.1 Å². The Kier molecular flexibility index (Phi) is 2.28. The van der Waals surface area contributed by atoms with Crippen molar-refractivity contribution in [3.05, 3.63) is 34.9 Å². The second-order valence-electron chi connectivity index (χ2n) is 4.80. The monoisotopic (exact) mass is 200 g/mol. The van der Waals surface area contributed by atoms with E-state index < -0.39 is 5.41 Å². The fourth-order valence-corrected chi connectivity index (χ4v) is 2.10. The zero-order chi connectivity index (χ0) is 11.1. The lowest BCUT2D eigenvalue weighted by Crippen LogP contribution is -2.14. The predicted molar refractivity (Wildman–Crippen MR) is 60.3 cm³/mol. The van der Waals surface area contributed by atoms with Gasteiger partial charge >= 0.3 is 0 Å². The Bertz CT molecular complexity index is 427. The van der Waals surface area contributed by atoms with Crippen LogP contribution in [0.25, 0.3) is 0 Å². The van der Waals surface area contributed by atoms with Crippen molar-refractivity contribution in [1.82, 2.24) is 0 Å². The van der Waals surface area contributed by atoms with E-state index >= 15 is 0 Å². The van der Waals surface area contributed by atoms with Crippen molar-refractivity contribution in [3.8, 4) is 6.07 Å². The molecular weight excluding hydrogens is 184 g/mol. The topological polar surface area (TPSA) is 49.8 Å². The minimum absolute atomic E-state index is 0.194. The maximum atomic E-state index is 9.07. The fourth-order valence-electron chi connectivity index (χ4n) is 2.10. The van der Waals surface area contributed by atoms with Crippen molar-refractivity contribution in [2.24, 2.45) is 5.73 Å². The highest BCUT2D eigenvalue weighted by atomic mass is 14.6. The molecule has 0 radical (unpaired) electrons. The van der Waals surface area contributed by atoms with Gasteiger partial charge < -0.3 is 5.73 Å². The second-order valence-corrected chi connectivity index (χ2v) is 4.80. The van der Waals surface area contributed by atoms with Crippen molar-refractivity contribution >= 4 is 0 Å². The number of nitrogens with two attached hydrogens (primary N) is 1. The molecule has 0 fully saturated rings. The van der Waals surface area contributed by atoms with Gasteiger partial charge in [0, 0.05) is 6.04 Å². The highest BCUT2D eigenvalue weighted by Gasteiger charge is 2.24. The van der Waals surface area contributed by atoms with Gasteiger partial charge in [-0.3, -0.25) is 0 Å². The SMILES string of the molecule is CC(C)(C#N)c1ccc2c(c1)CC[C@@H]2N. The number of aryl methyl sites for hydroxylation is 1. The summed E-state index contributed by atoms with van der Waals surface area (Å²) < 4.78 is 0. The number of nitriles is 1. The molecule has 0 saturated carbocycles. The van der Waals surface area contributed by atoms with Crippen molar-refractivity contribution in [2.75, 3.05) is 0 Å². The maximum Gasteiger partial charge on any atom is 0.0766 e. The van der Waals surface area contributed by atoms with Gasteiger partial charge in [0.15, 0.2) is 0 Å². The number of nitrogens with zero attached hydrogens (tertiary/aromatic N) is 1. The van der Waals surface area contributed by atoms with Crippen molar-refractivity contribution in [3.63, 3.8) is 0 Å². The van der Waals surface area contributed by atoms with Gasteiger partial charge in [0.2, 0.25) is 0 Å². The molecule has 2 N–H and O–H groups in total. The summed E-state index contributed by atoms with van der Waals surface area (Å²) >= 11 is 0. The normalized spacial score (nSPS) is 19.7. The lowest BCUT2D eigenvalue weighted by molar-refractivity contribution is 0.685. The summed E-state index contributed by atoms with van der Waals surface area (Å²) in [6.45, 7) is 3.90. The Hall–Kier alpha value is -1.33. The minimum Gasteiger partial charge on any atom is -0.324 e. The molecule has 0 saturated heterocycles. The molecule has 0 unspecified atom stereocenters. The number of fused-ring (bicyclic) bond motifs is 1. The summed E-state index contributed by atoms with van der Waals surface area (Å²) in [6.07, 6.45) is 2.08. The van der Waals surface area contributed by atoms with E-state index in [0.717, 1.165) is 18.4 Å². The van der Waals surface area contributed by atoms with E-state index in [4.69, 9.17) is 11.0 Å². The van der Waals surface area contributed by atoms with E-state index in [1.165, 1.54) is 11.1 Å². The third-order valence-electron chi connectivity index (χ3n) is 3.27. The Balaban J connectivity index is 2.44. The summed E-state index contributed by atoms with van der Waals surface area (Å²) in [5, 5.41) is 9.07. The first-order valence-electron chi connectivity index (χ1n) is 5.35. The third kappa shape index (κ3) is 1.64. The minimum atomic E-state index is -0.401. The molecule has 1 aliphatic rings. The fraction of sp³-hybridized carbons (Fsp3) is 0.462. The van der Waals surface area contributed by atoms with Gasteiger partial charge in [-0.2, -0.15) is 5.26 Å². The Morgan fingerprint density at radius 3 is 2.87 bits per heavy atom. The molecule has 78 valence electrons. The molecule has 2 rings (SSSR count). The summed E-state index contributed by atoms with van der Waals surface area (Å²) in [4.78, 5) is 0. The number of rotatable bonds is 1. The molecule has 0 aromatic heterocycles. The first-order valence-corrected chi connectivity index (χ1v) is 5.35. The molecular formula is C13H16N2. The van der Waals surface area contributed by atoms with Crippen LogP contribution in [0.5, 0.6) is 0 Å². The van der Waals surface area contributed by atoms with Crippen LogP contribution in [0, 0.1) is 11.3 Å². The molecule has 0 aliphatic heterocycles. The van der Waals surface area contributed by atoms with Gasteiger partial charge in [-0.05, 0) is 43.4 Å². The number of hydrogen-bond donors (Lipinski definition) is 1.